The summed E-state index contributed by atoms with van der Waals surface area (Å²) in [4.78, 5) is 17.9. The van der Waals surface area contributed by atoms with Gasteiger partial charge in [0.25, 0.3) is 0 Å². The lowest BCUT2D eigenvalue weighted by Crippen LogP contribution is -2.52. The van der Waals surface area contributed by atoms with E-state index >= 15 is 0 Å². The van der Waals surface area contributed by atoms with Crippen molar-refractivity contribution in [3.8, 4) is 0 Å². The fourth-order valence-corrected chi connectivity index (χ4v) is 4.87. The maximum absolute atomic E-state index is 13.3. The van der Waals surface area contributed by atoms with Gasteiger partial charge in [-0.15, -0.1) is 0 Å². The van der Waals surface area contributed by atoms with E-state index in [0.717, 1.165) is 36.0 Å². The Kier molecular flexibility index (Phi) is 8.31. The van der Waals surface area contributed by atoms with Gasteiger partial charge in [0, 0.05) is 29.6 Å². The second-order valence-corrected chi connectivity index (χ2v) is 9.07. The first-order valence-corrected chi connectivity index (χ1v) is 11.7. The molecule has 0 heterocycles. The fraction of sp³-hybridized carbons (Fsp3) is 0.480. The number of halogens is 1. The van der Waals surface area contributed by atoms with E-state index in [-0.39, 0.29) is 5.91 Å². The summed E-state index contributed by atoms with van der Waals surface area (Å²) in [6.07, 6.45) is 6.47. The average molecular weight is 457 g/mol. The van der Waals surface area contributed by atoms with E-state index < -0.39 is 0 Å². The summed E-state index contributed by atoms with van der Waals surface area (Å²) in [5.74, 6) is 0.250. The van der Waals surface area contributed by atoms with Gasteiger partial charge in [-0.3, -0.25) is 9.69 Å². The summed E-state index contributed by atoms with van der Waals surface area (Å²) in [5, 5.41) is 0. The Balaban J connectivity index is 1.74. The van der Waals surface area contributed by atoms with Gasteiger partial charge in [0.15, 0.2) is 0 Å². The zero-order chi connectivity index (χ0) is 20.6. The van der Waals surface area contributed by atoms with Gasteiger partial charge in [-0.1, -0.05) is 77.7 Å². The Morgan fingerprint density at radius 2 is 1.59 bits per heavy atom. The molecule has 2 aromatic rings. The smallest absolute Gasteiger partial charge is 0.227 e. The normalized spacial score (nSPS) is 19.7. The van der Waals surface area contributed by atoms with Crippen molar-refractivity contribution in [3.05, 3.63) is 70.2 Å². The SMILES string of the molecule is CCN(C(=O)Cc1ccc(Br)cc1)C1CCCCCC1N(C)Cc1ccccc1. The molecule has 2 aromatic carbocycles. The molecule has 0 bridgehead atoms. The Hall–Kier alpha value is -1.65. The van der Waals surface area contributed by atoms with Gasteiger partial charge in [0.05, 0.1) is 6.42 Å². The van der Waals surface area contributed by atoms with Crippen molar-refractivity contribution < 1.29 is 4.79 Å². The number of carbonyl (C=O) groups excluding carboxylic acids is 1. The number of rotatable bonds is 7. The number of nitrogens with zero attached hydrogens (tertiary/aromatic N) is 2. The number of carbonyl (C=O) groups is 1. The molecule has 2 atom stereocenters. The third-order valence-corrected chi connectivity index (χ3v) is 6.64. The second-order valence-electron chi connectivity index (χ2n) is 8.16. The lowest BCUT2D eigenvalue weighted by atomic mass is 9.98. The van der Waals surface area contributed by atoms with Crippen molar-refractivity contribution in [1.29, 1.82) is 0 Å². The number of hydrogen-bond acceptors (Lipinski definition) is 2. The van der Waals surface area contributed by atoms with Crippen LogP contribution in [0.15, 0.2) is 59.1 Å². The summed E-state index contributed by atoms with van der Waals surface area (Å²) in [7, 11) is 2.23. The van der Waals surface area contributed by atoms with Gasteiger partial charge >= 0.3 is 0 Å². The Labute approximate surface area is 184 Å². The monoisotopic (exact) mass is 456 g/mol. The molecule has 0 N–H and O–H groups in total. The maximum Gasteiger partial charge on any atom is 0.227 e. The van der Waals surface area contributed by atoms with Crippen LogP contribution < -0.4 is 0 Å². The third kappa shape index (κ3) is 6.16. The molecule has 0 spiro atoms. The van der Waals surface area contributed by atoms with Crippen LogP contribution in [0.5, 0.6) is 0 Å². The van der Waals surface area contributed by atoms with Crippen LogP contribution in [-0.4, -0.2) is 41.4 Å². The first-order chi connectivity index (χ1) is 14.1. The number of likely N-dealkylation sites (N-methyl/N-ethyl adjacent to an activating group) is 2. The lowest BCUT2D eigenvalue weighted by molar-refractivity contribution is -0.134. The van der Waals surface area contributed by atoms with E-state index in [2.05, 4.69) is 70.0 Å². The Morgan fingerprint density at radius 3 is 2.24 bits per heavy atom. The minimum Gasteiger partial charge on any atom is -0.338 e. The molecule has 1 aliphatic carbocycles. The summed E-state index contributed by atoms with van der Waals surface area (Å²) >= 11 is 3.48. The van der Waals surface area contributed by atoms with Crippen LogP contribution in [0.3, 0.4) is 0 Å². The summed E-state index contributed by atoms with van der Waals surface area (Å²) in [5.41, 5.74) is 2.42. The summed E-state index contributed by atoms with van der Waals surface area (Å²) in [6.45, 7) is 3.83. The molecule has 0 aliphatic heterocycles. The van der Waals surface area contributed by atoms with Gasteiger partial charge in [0.2, 0.25) is 5.91 Å². The predicted molar refractivity (Wildman–Crippen MR) is 124 cm³/mol. The molecule has 2 unspecified atom stereocenters. The van der Waals surface area contributed by atoms with E-state index in [1.165, 1.54) is 24.8 Å². The second kappa shape index (κ2) is 10.9. The fourth-order valence-electron chi connectivity index (χ4n) is 4.61. The van der Waals surface area contributed by atoms with Crippen molar-refractivity contribution in [1.82, 2.24) is 9.80 Å². The summed E-state index contributed by atoms with van der Waals surface area (Å²) in [6, 6.07) is 19.5. The first-order valence-electron chi connectivity index (χ1n) is 10.9. The molecule has 0 saturated heterocycles. The molecule has 1 saturated carbocycles. The van der Waals surface area contributed by atoms with Crippen molar-refractivity contribution in [3.63, 3.8) is 0 Å². The zero-order valence-corrected chi connectivity index (χ0v) is 19.3. The van der Waals surface area contributed by atoms with Gasteiger partial charge in [0.1, 0.15) is 0 Å². The van der Waals surface area contributed by atoms with Crippen LogP contribution in [-0.2, 0) is 17.8 Å². The zero-order valence-electron chi connectivity index (χ0n) is 17.7. The Morgan fingerprint density at radius 1 is 0.931 bits per heavy atom. The third-order valence-electron chi connectivity index (χ3n) is 6.11. The maximum atomic E-state index is 13.3. The van der Waals surface area contributed by atoms with Gasteiger partial charge in [-0.2, -0.15) is 0 Å². The molecule has 156 valence electrons. The Bertz CT molecular complexity index is 762. The van der Waals surface area contributed by atoms with E-state index in [0.29, 0.717) is 18.5 Å². The van der Waals surface area contributed by atoms with E-state index in [1.807, 2.05) is 24.3 Å². The van der Waals surface area contributed by atoms with Gasteiger partial charge in [-0.05, 0) is 50.1 Å². The van der Waals surface area contributed by atoms with Crippen LogP contribution in [0, 0.1) is 0 Å². The molecule has 0 radical (unpaired) electrons. The molecule has 0 aromatic heterocycles. The van der Waals surface area contributed by atoms with Crippen LogP contribution in [0.25, 0.3) is 0 Å². The highest BCUT2D eigenvalue weighted by Gasteiger charge is 2.33. The van der Waals surface area contributed by atoms with Crippen LogP contribution in [0.2, 0.25) is 0 Å². The molecule has 4 heteroatoms. The predicted octanol–water partition coefficient (Wildman–Crippen LogP) is 5.67. The van der Waals surface area contributed by atoms with E-state index in [4.69, 9.17) is 0 Å². The molecule has 1 aliphatic rings. The van der Waals surface area contributed by atoms with Crippen molar-refractivity contribution in [2.24, 2.45) is 0 Å². The number of hydrogen-bond donors (Lipinski definition) is 0. The first kappa shape index (κ1) is 22.0. The molecule has 29 heavy (non-hydrogen) atoms. The minimum atomic E-state index is 0.250. The van der Waals surface area contributed by atoms with Crippen molar-refractivity contribution in [2.45, 2.75) is 64.1 Å². The highest BCUT2D eigenvalue weighted by Crippen LogP contribution is 2.27. The van der Waals surface area contributed by atoms with Gasteiger partial charge < -0.3 is 4.90 Å². The number of benzene rings is 2. The topological polar surface area (TPSA) is 23.6 Å². The van der Waals surface area contributed by atoms with E-state index in [9.17, 15) is 4.79 Å². The number of amides is 1. The van der Waals surface area contributed by atoms with Crippen LogP contribution in [0.1, 0.15) is 50.2 Å². The van der Waals surface area contributed by atoms with Gasteiger partial charge in [-0.25, -0.2) is 0 Å². The lowest BCUT2D eigenvalue weighted by Gasteiger charge is -2.40. The van der Waals surface area contributed by atoms with Crippen LogP contribution in [0.4, 0.5) is 0 Å². The highest BCUT2D eigenvalue weighted by molar-refractivity contribution is 9.10. The minimum absolute atomic E-state index is 0.250. The molecule has 3 nitrogen and oxygen atoms in total. The van der Waals surface area contributed by atoms with E-state index in [1.54, 1.807) is 0 Å². The quantitative estimate of drug-likeness (QED) is 0.500. The molecule has 1 amide bonds. The van der Waals surface area contributed by atoms with Crippen LogP contribution >= 0.6 is 15.9 Å². The van der Waals surface area contributed by atoms with Crippen molar-refractivity contribution >= 4 is 21.8 Å². The standard InChI is InChI=1S/C25H33BrN2O/c1-3-28(25(29)18-20-14-16-22(26)17-15-20)24-13-9-5-8-12-23(24)27(2)19-21-10-6-4-7-11-21/h4,6-7,10-11,14-17,23-24H,3,5,8-9,12-13,18-19H2,1-2H3. The van der Waals surface area contributed by atoms with Crippen molar-refractivity contribution in [2.75, 3.05) is 13.6 Å². The molecule has 1 fully saturated rings. The molecular weight excluding hydrogens is 424 g/mol. The average Bonchev–Trinajstić information content (AvgIpc) is 2.97. The highest BCUT2D eigenvalue weighted by atomic mass is 79.9. The molecular formula is C25H33BrN2O. The largest absolute Gasteiger partial charge is 0.338 e. The summed E-state index contributed by atoms with van der Waals surface area (Å²) < 4.78 is 1.05. The molecule has 3 rings (SSSR count).